The average Bonchev–Trinajstić information content (AvgIpc) is 3.89. The van der Waals surface area contributed by atoms with E-state index >= 15 is 0 Å². The maximum Gasteiger partial charge on any atom is 0.123 e. The Morgan fingerprint density at radius 1 is 0.269 bits per heavy atom. The van der Waals surface area contributed by atoms with Crippen molar-refractivity contribution in [2.24, 2.45) is 0 Å². The van der Waals surface area contributed by atoms with Gasteiger partial charge in [0.15, 0.2) is 0 Å². The molecular formula is C48H28N2S2. The first-order chi connectivity index (χ1) is 25.7. The molecular weight excluding hydrogens is 669 g/mol. The molecule has 2 nitrogen and oxygen atoms in total. The van der Waals surface area contributed by atoms with E-state index < -0.39 is 0 Å². The Kier molecular flexibility index (Phi) is 6.63. The largest absolute Gasteiger partial charge is 0.244 e. The molecule has 242 valence electrons. The quantitative estimate of drug-likeness (QED) is 0.171. The minimum absolute atomic E-state index is 1.03. The second-order valence-electron chi connectivity index (χ2n) is 13.6. The molecule has 0 bridgehead atoms. The van der Waals surface area contributed by atoms with Crippen LogP contribution in [0.25, 0.3) is 107 Å². The topological polar surface area (TPSA) is 25.8 Å². The smallest absolute Gasteiger partial charge is 0.123 e. The number of rotatable bonds is 4. The zero-order chi connectivity index (χ0) is 34.2. The molecule has 0 aliphatic heterocycles. The van der Waals surface area contributed by atoms with Gasteiger partial charge in [-0.25, -0.2) is 9.97 Å². The normalized spacial score (nSPS) is 11.8. The van der Waals surface area contributed by atoms with Crippen LogP contribution in [0, 0.1) is 0 Å². The zero-order valence-electron chi connectivity index (χ0n) is 27.9. The van der Waals surface area contributed by atoms with Crippen molar-refractivity contribution in [3.8, 4) is 42.0 Å². The van der Waals surface area contributed by atoms with Gasteiger partial charge in [-0.2, -0.15) is 0 Å². The van der Waals surface area contributed by atoms with Crippen LogP contribution in [0.5, 0.6) is 0 Å². The molecule has 0 N–H and O–H groups in total. The van der Waals surface area contributed by atoms with Gasteiger partial charge in [-0.05, 0) is 136 Å². The highest BCUT2D eigenvalue weighted by molar-refractivity contribution is 7.18. The number of hydrogen-bond donors (Lipinski definition) is 0. The van der Waals surface area contributed by atoms with Gasteiger partial charge < -0.3 is 0 Å². The predicted octanol–water partition coefficient (Wildman–Crippen LogP) is 14.2. The van der Waals surface area contributed by atoms with Gasteiger partial charge in [0, 0.05) is 23.5 Å². The fourth-order valence-electron chi connectivity index (χ4n) is 7.53. The van der Waals surface area contributed by atoms with Gasteiger partial charge in [0.05, 0.1) is 9.75 Å². The summed E-state index contributed by atoms with van der Waals surface area (Å²) in [6.07, 6.45) is 4.03. The van der Waals surface area contributed by atoms with Crippen LogP contribution in [-0.4, -0.2) is 9.97 Å². The molecule has 0 aliphatic rings. The van der Waals surface area contributed by atoms with E-state index in [0.29, 0.717) is 0 Å². The Morgan fingerprint density at radius 2 is 0.558 bits per heavy atom. The van der Waals surface area contributed by atoms with Gasteiger partial charge in [0.1, 0.15) is 10.0 Å². The summed E-state index contributed by atoms with van der Waals surface area (Å²) >= 11 is 3.49. The number of hydrogen-bond acceptors (Lipinski definition) is 4. The Labute approximate surface area is 307 Å². The summed E-state index contributed by atoms with van der Waals surface area (Å²) in [5.41, 5.74) is 4.69. The van der Waals surface area contributed by atoms with Crippen molar-refractivity contribution < 1.29 is 0 Å². The molecule has 9 aromatic carbocycles. The van der Waals surface area contributed by atoms with E-state index in [-0.39, 0.29) is 0 Å². The number of nitrogens with zero attached hydrogens (tertiary/aromatic N) is 2. The lowest BCUT2D eigenvalue weighted by Crippen LogP contribution is -1.81. The third-order valence-electron chi connectivity index (χ3n) is 10.3. The third-order valence-corrected chi connectivity index (χ3v) is 12.5. The van der Waals surface area contributed by atoms with Gasteiger partial charge in [0.25, 0.3) is 0 Å². The highest BCUT2D eigenvalue weighted by Crippen LogP contribution is 2.38. The Hall–Kier alpha value is -6.20. The van der Waals surface area contributed by atoms with Crippen LogP contribution in [0.4, 0.5) is 0 Å². The van der Waals surface area contributed by atoms with Crippen molar-refractivity contribution in [1.29, 1.82) is 0 Å². The summed E-state index contributed by atoms with van der Waals surface area (Å²) in [6.45, 7) is 0. The predicted molar refractivity (Wildman–Crippen MR) is 225 cm³/mol. The summed E-state index contributed by atoms with van der Waals surface area (Å²) < 4.78 is 0. The summed E-state index contributed by atoms with van der Waals surface area (Å²) in [5.74, 6) is 0. The van der Waals surface area contributed by atoms with E-state index in [9.17, 15) is 0 Å². The van der Waals surface area contributed by atoms with Gasteiger partial charge in [-0.3, -0.25) is 0 Å². The summed E-state index contributed by atoms with van der Waals surface area (Å²) in [5, 5.41) is 17.0. The Bertz CT molecular complexity index is 2990. The van der Waals surface area contributed by atoms with Crippen LogP contribution in [-0.2, 0) is 0 Å². The summed E-state index contributed by atoms with van der Waals surface area (Å²) in [7, 11) is 0. The maximum atomic E-state index is 4.87. The molecule has 0 spiro atoms. The fourth-order valence-corrected chi connectivity index (χ4v) is 9.35. The van der Waals surface area contributed by atoms with E-state index in [0.717, 1.165) is 21.1 Å². The van der Waals surface area contributed by atoms with Crippen LogP contribution in [0.15, 0.2) is 170 Å². The standard InChI is InChI=1S/C48H28N2S2/c1-3-7-31-19-41-23-37(13-9-33(41)17-29(31)5-1)45-27-49-47(51-45)39-15-11-35-22-44-26-40(16-12-36(44)21-43(35)25-39)48-50-28-46(52-48)38-14-10-34-18-30-6-2-4-8-32(30)20-42(34)24-38/h1-28H. The maximum absolute atomic E-state index is 4.87. The molecule has 11 aromatic rings. The first-order valence-corrected chi connectivity index (χ1v) is 19.1. The first-order valence-electron chi connectivity index (χ1n) is 17.4. The van der Waals surface area contributed by atoms with Crippen molar-refractivity contribution in [3.05, 3.63) is 170 Å². The lowest BCUT2D eigenvalue weighted by Gasteiger charge is -2.06. The van der Waals surface area contributed by atoms with Crippen molar-refractivity contribution in [1.82, 2.24) is 9.97 Å². The molecule has 0 atom stereocenters. The van der Waals surface area contributed by atoms with E-state index in [2.05, 4.69) is 158 Å². The zero-order valence-corrected chi connectivity index (χ0v) is 29.5. The van der Waals surface area contributed by atoms with Crippen molar-refractivity contribution >= 4 is 87.3 Å². The lowest BCUT2D eigenvalue weighted by molar-refractivity contribution is 1.42. The van der Waals surface area contributed by atoms with Crippen LogP contribution in [0.1, 0.15) is 0 Å². The van der Waals surface area contributed by atoms with Gasteiger partial charge >= 0.3 is 0 Å². The molecule has 0 aliphatic carbocycles. The first kappa shape index (κ1) is 29.5. The number of thiazole rings is 2. The molecule has 0 fully saturated rings. The highest BCUT2D eigenvalue weighted by Gasteiger charge is 2.12. The van der Waals surface area contributed by atoms with Crippen LogP contribution in [0.2, 0.25) is 0 Å². The van der Waals surface area contributed by atoms with Crippen molar-refractivity contribution in [2.45, 2.75) is 0 Å². The molecule has 0 amide bonds. The van der Waals surface area contributed by atoms with Crippen LogP contribution in [0.3, 0.4) is 0 Å². The molecule has 0 saturated carbocycles. The number of aromatic nitrogens is 2. The number of benzene rings is 9. The van der Waals surface area contributed by atoms with E-state index in [1.54, 1.807) is 22.7 Å². The number of fused-ring (bicyclic) bond motifs is 6. The SMILES string of the molecule is c1ccc2cc3cc(-c4cnc(-c5ccc6cc7cc(-c8ncc(-c9ccc%10cc%11ccccc%11cc%10c9)s8)ccc7cc6c5)s4)ccc3cc2c1. The lowest BCUT2D eigenvalue weighted by atomic mass is 10.0. The molecule has 0 radical (unpaired) electrons. The molecule has 2 aromatic heterocycles. The van der Waals surface area contributed by atoms with E-state index in [4.69, 9.17) is 9.97 Å². The second-order valence-corrected chi connectivity index (χ2v) is 15.6. The molecule has 4 heteroatoms. The van der Waals surface area contributed by atoms with Gasteiger partial charge in [-0.15, -0.1) is 22.7 Å². The van der Waals surface area contributed by atoms with Crippen molar-refractivity contribution in [2.75, 3.05) is 0 Å². The summed E-state index contributed by atoms with van der Waals surface area (Å²) in [4.78, 5) is 12.1. The molecule has 0 saturated heterocycles. The molecule has 0 unspecified atom stereocenters. The average molecular weight is 697 g/mol. The third kappa shape index (κ3) is 5.07. The molecule has 52 heavy (non-hydrogen) atoms. The minimum Gasteiger partial charge on any atom is -0.244 e. The van der Waals surface area contributed by atoms with E-state index in [1.807, 2.05) is 12.4 Å². The minimum atomic E-state index is 1.03. The highest BCUT2D eigenvalue weighted by atomic mass is 32.1. The Balaban J connectivity index is 0.881. The molecule has 11 rings (SSSR count). The van der Waals surface area contributed by atoms with E-state index in [1.165, 1.54) is 85.5 Å². The fraction of sp³-hybridized carbons (Fsp3) is 0. The second kappa shape index (κ2) is 11.7. The van der Waals surface area contributed by atoms with Gasteiger partial charge in [0.2, 0.25) is 0 Å². The monoisotopic (exact) mass is 696 g/mol. The molecule has 2 heterocycles. The summed E-state index contributed by atoms with van der Waals surface area (Å²) in [6, 6.07) is 57.7. The van der Waals surface area contributed by atoms with Crippen molar-refractivity contribution in [3.63, 3.8) is 0 Å². The van der Waals surface area contributed by atoms with Crippen LogP contribution >= 0.6 is 22.7 Å². The Morgan fingerprint density at radius 3 is 0.923 bits per heavy atom. The van der Waals surface area contributed by atoms with Crippen LogP contribution < -0.4 is 0 Å². The van der Waals surface area contributed by atoms with Gasteiger partial charge in [-0.1, -0.05) is 97.1 Å².